The van der Waals surface area contributed by atoms with Crippen LogP contribution >= 0.6 is 7.60 Å². The zero-order chi connectivity index (χ0) is 17.3. The summed E-state index contributed by atoms with van der Waals surface area (Å²) >= 11 is 0. The minimum Gasteiger partial charge on any atom is -0.379 e. The van der Waals surface area contributed by atoms with Crippen LogP contribution in [0, 0.1) is 0 Å². The Morgan fingerprint density at radius 1 is 1.35 bits per heavy atom. The van der Waals surface area contributed by atoms with Gasteiger partial charge in [-0.1, -0.05) is 12.2 Å². The van der Waals surface area contributed by atoms with Crippen LogP contribution in [0.25, 0.3) is 0 Å². The highest BCUT2D eigenvalue weighted by molar-refractivity contribution is 7.53. The Kier molecular flexibility index (Phi) is 8.19. The Morgan fingerprint density at radius 2 is 2.09 bits per heavy atom. The molecule has 2 N–H and O–H groups in total. The number of rotatable bonds is 10. The molecule has 1 heterocycles. The van der Waals surface area contributed by atoms with Crippen LogP contribution < -0.4 is 11.2 Å². The number of nitrogens with one attached hydrogen (secondary N) is 1. The highest BCUT2D eigenvalue weighted by Crippen LogP contribution is 2.41. The molecule has 1 atom stereocenters. The lowest BCUT2D eigenvalue weighted by Gasteiger charge is -2.11. The van der Waals surface area contributed by atoms with Gasteiger partial charge >= 0.3 is 13.3 Å². The van der Waals surface area contributed by atoms with Crippen molar-refractivity contribution in [1.82, 2.24) is 9.55 Å². The van der Waals surface area contributed by atoms with Crippen LogP contribution in [0.15, 0.2) is 34.0 Å². The maximum absolute atomic E-state index is 11.8. The first-order chi connectivity index (χ1) is 10.8. The van der Waals surface area contributed by atoms with E-state index in [2.05, 4.69) is 4.98 Å². The summed E-state index contributed by atoms with van der Waals surface area (Å²) in [6, 6.07) is 1.23. The molecule has 130 valence electrons. The second-order valence-electron chi connectivity index (χ2n) is 5.16. The second kappa shape index (κ2) is 9.62. The van der Waals surface area contributed by atoms with Gasteiger partial charge in [0.15, 0.2) is 0 Å². The summed E-state index contributed by atoms with van der Waals surface area (Å²) in [4.78, 5) is 34.1. The molecule has 0 saturated heterocycles. The SMILES string of the molecule is CC(C)OCCCOP(=O)(O)C/C=C/Cn1ccc(=O)[nH]c1=O. The maximum Gasteiger partial charge on any atom is 0.331 e. The first-order valence-electron chi connectivity index (χ1n) is 7.33. The van der Waals surface area contributed by atoms with Crippen molar-refractivity contribution in [2.75, 3.05) is 19.4 Å². The average molecular weight is 346 g/mol. The van der Waals surface area contributed by atoms with E-state index in [1.807, 2.05) is 13.8 Å². The quantitative estimate of drug-likeness (QED) is 0.373. The standard InChI is InChI=1S/C14H23N2O6P/c1-12(2)21-9-5-10-22-23(19,20)11-4-3-7-16-8-6-13(17)15-14(16)18/h3-4,6,8,12H,5,7,9-11H2,1-2H3,(H,19,20)(H,15,17,18)/b4-3+. The van der Waals surface area contributed by atoms with Gasteiger partial charge in [-0.3, -0.25) is 18.9 Å². The van der Waals surface area contributed by atoms with Crippen molar-refractivity contribution in [3.8, 4) is 0 Å². The molecule has 0 aliphatic carbocycles. The zero-order valence-electron chi connectivity index (χ0n) is 13.3. The number of allylic oxidation sites excluding steroid dienone is 2. The molecule has 1 rings (SSSR count). The molecule has 0 amide bonds. The van der Waals surface area contributed by atoms with Crippen molar-refractivity contribution >= 4 is 7.60 Å². The van der Waals surface area contributed by atoms with E-state index < -0.39 is 18.8 Å². The van der Waals surface area contributed by atoms with E-state index in [1.54, 1.807) is 6.08 Å². The van der Waals surface area contributed by atoms with Crippen LogP contribution in [0.3, 0.4) is 0 Å². The molecule has 0 aromatic carbocycles. The maximum atomic E-state index is 11.8. The molecular weight excluding hydrogens is 323 g/mol. The first-order valence-corrected chi connectivity index (χ1v) is 9.09. The van der Waals surface area contributed by atoms with Gasteiger partial charge in [-0.05, 0) is 20.3 Å². The Bertz CT molecular complexity index is 664. The molecule has 9 heteroatoms. The van der Waals surface area contributed by atoms with Gasteiger partial charge in [0.2, 0.25) is 0 Å². The van der Waals surface area contributed by atoms with E-state index in [-0.39, 0.29) is 25.4 Å². The number of aromatic nitrogens is 2. The molecule has 0 spiro atoms. The molecule has 0 aliphatic rings. The molecule has 0 bridgehead atoms. The van der Waals surface area contributed by atoms with Crippen LogP contribution in [0.4, 0.5) is 0 Å². The highest BCUT2D eigenvalue weighted by Gasteiger charge is 2.16. The lowest BCUT2D eigenvalue weighted by Crippen LogP contribution is -2.28. The first kappa shape index (κ1) is 19.6. The van der Waals surface area contributed by atoms with E-state index in [0.717, 1.165) is 0 Å². The number of aromatic amines is 1. The van der Waals surface area contributed by atoms with Gasteiger partial charge in [-0.25, -0.2) is 4.79 Å². The molecule has 0 aliphatic heterocycles. The van der Waals surface area contributed by atoms with Crippen LogP contribution in [-0.2, 0) is 20.4 Å². The van der Waals surface area contributed by atoms with Gasteiger partial charge < -0.3 is 14.2 Å². The summed E-state index contributed by atoms with van der Waals surface area (Å²) < 4.78 is 23.3. The van der Waals surface area contributed by atoms with Crippen molar-refractivity contribution in [3.05, 3.63) is 45.3 Å². The molecule has 8 nitrogen and oxygen atoms in total. The largest absolute Gasteiger partial charge is 0.379 e. The van der Waals surface area contributed by atoms with Crippen LogP contribution in [0.2, 0.25) is 0 Å². The van der Waals surface area contributed by atoms with Crippen molar-refractivity contribution in [1.29, 1.82) is 0 Å². The number of ether oxygens (including phenoxy) is 1. The molecule has 0 radical (unpaired) electrons. The summed E-state index contributed by atoms with van der Waals surface area (Å²) in [5.41, 5.74) is -0.999. The smallest absolute Gasteiger partial charge is 0.331 e. The third-order valence-electron chi connectivity index (χ3n) is 2.73. The predicted octanol–water partition coefficient (Wildman–Crippen LogP) is 1.11. The summed E-state index contributed by atoms with van der Waals surface area (Å²) in [7, 11) is -3.68. The molecule has 1 aromatic heterocycles. The number of hydrogen-bond acceptors (Lipinski definition) is 5. The minimum absolute atomic E-state index is 0.121. The van der Waals surface area contributed by atoms with Crippen molar-refractivity contribution < 1.29 is 18.7 Å². The number of H-pyrrole nitrogens is 1. The van der Waals surface area contributed by atoms with Crippen molar-refractivity contribution in [3.63, 3.8) is 0 Å². The Labute approximate surface area is 134 Å². The fraction of sp³-hybridized carbons (Fsp3) is 0.571. The van der Waals surface area contributed by atoms with Crippen LogP contribution in [0.1, 0.15) is 20.3 Å². The van der Waals surface area contributed by atoms with Gasteiger partial charge in [0.1, 0.15) is 0 Å². The fourth-order valence-corrected chi connectivity index (χ4v) is 2.56. The minimum atomic E-state index is -3.68. The van der Waals surface area contributed by atoms with Gasteiger partial charge in [0, 0.05) is 25.4 Å². The van der Waals surface area contributed by atoms with Gasteiger partial charge in [0.25, 0.3) is 5.56 Å². The van der Waals surface area contributed by atoms with Crippen molar-refractivity contribution in [2.24, 2.45) is 0 Å². The summed E-state index contributed by atoms with van der Waals surface area (Å²) in [5.74, 6) is 0. The van der Waals surface area contributed by atoms with Crippen LogP contribution in [-0.4, -0.2) is 39.9 Å². The lowest BCUT2D eigenvalue weighted by atomic mass is 10.4. The lowest BCUT2D eigenvalue weighted by molar-refractivity contribution is 0.0686. The summed E-state index contributed by atoms with van der Waals surface area (Å²) in [5, 5.41) is 0. The van der Waals surface area contributed by atoms with Crippen molar-refractivity contribution in [2.45, 2.75) is 32.9 Å². The van der Waals surface area contributed by atoms with Gasteiger partial charge in [-0.15, -0.1) is 0 Å². The topological polar surface area (TPSA) is 111 Å². The number of hydrogen-bond donors (Lipinski definition) is 2. The Morgan fingerprint density at radius 3 is 2.74 bits per heavy atom. The fourth-order valence-electron chi connectivity index (χ4n) is 1.62. The second-order valence-corrected chi connectivity index (χ2v) is 7.06. The molecule has 1 aromatic rings. The monoisotopic (exact) mass is 346 g/mol. The predicted molar refractivity (Wildman–Crippen MR) is 86.8 cm³/mol. The summed E-state index contributed by atoms with van der Waals surface area (Å²) in [6.45, 7) is 4.64. The van der Waals surface area contributed by atoms with Gasteiger partial charge in [0.05, 0.1) is 18.9 Å². The van der Waals surface area contributed by atoms with Crippen LogP contribution in [0.5, 0.6) is 0 Å². The molecule has 0 fully saturated rings. The molecule has 23 heavy (non-hydrogen) atoms. The third-order valence-corrected chi connectivity index (χ3v) is 3.99. The van der Waals surface area contributed by atoms with Gasteiger partial charge in [-0.2, -0.15) is 0 Å². The molecule has 1 unspecified atom stereocenters. The number of nitrogens with zero attached hydrogens (tertiary/aromatic N) is 1. The Hall–Kier alpha value is -1.47. The zero-order valence-corrected chi connectivity index (χ0v) is 14.2. The summed E-state index contributed by atoms with van der Waals surface area (Å²) in [6.07, 6.45) is 4.91. The highest BCUT2D eigenvalue weighted by atomic mass is 31.2. The molecule has 0 saturated carbocycles. The van der Waals surface area contributed by atoms with E-state index >= 15 is 0 Å². The van der Waals surface area contributed by atoms with E-state index in [1.165, 1.54) is 22.9 Å². The Balaban J connectivity index is 2.33. The average Bonchev–Trinajstić information content (AvgIpc) is 2.44. The third kappa shape index (κ3) is 8.66. The normalized spacial score (nSPS) is 14.4. The van der Waals surface area contributed by atoms with E-state index in [4.69, 9.17) is 9.26 Å². The van der Waals surface area contributed by atoms with E-state index in [0.29, 0.717) is 13.0 Å². The van der Waals surface area contributed by atoms with E-state index in [9.17, 15) is 19.0 Å². The molecular formula is C14H23N2O6P.